The van der Waals surface area contributed by atoms with Gasteiger partial charge < -0.3 is 15.4 Å². The summed E-state index contributed by atoms with van der Waals surface area (Å²) >= 11 is 7.59. The number of amidine groups is 1. The number of carbonyl (C=O) groups excluding carboxylic acids is 2. The molecule has 2 atom stereocenters. The highest BCUT2D eigenvalue weighted by Gasteiger charge is 2.38. The average Bonchev–Trinajstić information content (AvgIpc) is 3.40. The second-order valence-corrected chi connectivity index (χ2v) is 7.78. The third-order valence-corrected chi connectivity index (χ3v) is 5.96. The van der Waals surface area contributed by atoms with Crippen molar-refractivity contribution in [1.29, 1.82) is 0 Å². The van der Waals surface area contributed by atoms with Crippen molar-refractivity contribution >= 4 is 40.6 Å². The maximum atomic E-state index is 14.2. The fourth-order valence-corrected chi connectivity index (χ4v) is 4.25. The minimum Gasteiger partial charge on any atom is -0.466 e. The van der Waals surface area contributed by atoms with Gasteiger partial charge in [0.05, 0.1) is 17.7 Å². The van der Waals surface area contributed by atoms with E-state index in [1.165, 1.54) is 30.6 Å². The smallest absolute Gasteiger partial charge is 0.338 e. The molecule has 1 amide bonds. The van der Waals surface area contributed by atoms with Gasteiger partial charge in [0.2, 0.25) is 5.91 Å². The Kier molecular flexibility index (Phi) is 5.33. The molecule has 0 spiro atoms. The normalized spacial score (nSPS) is 21.5. The molecule has 2 aromatic rings. The molecule has 0 aliphatic carbocycles. The monoisotopic (exact) mass is 434 g/mol. The van der Waals surface area contributed by atoms with Gasteiger partial charge in [0.25, 0.3) is 0 Å². The molecule has 2 N–H and O–H groups in total. The lowest BCUT2D eigenvalue weighted by Gasteiger charge is -2.29. The molecule has 2 aliphatic rings. The minimum absolute atomic E-state index is 0.118. The highest BCUT2D eigenvalue weighted by atomic mass is 35.5. The van der Waals surface area contributed by atoms with Crippen LogP contribution in [0.5, 0.6) is 0 Å². The Morgan fingerprint density at radius 3 is 2.90 bits per heavy atom. The summed E-state index contributed by atoms with van der Waals surface area (Å²) in [6.07, 6.45) is 1.84. The number of aromatic nitrogens is 1. The lowest BCUT2D eigenvalue weighted by Crippen LogP contribution is -2.37. The van der Waals surface area contributed by atoms with Crippen molar-refractivity contribution in [2.24, 2.45) is 10.9 Å². The van der Waals surface area contributed by atoms with E-state index in [4.69, 9.17) is 16.3 Å². The predicted octanol–water partition coefficient (Wildman–Crippen LogP) is 2.59. The molecular weight excluding hydrogens is 419 g/mol. The van der Waals surface area contributed by atoms with Gasteiger partial charge in [-0.1, -0.05) is 23.7 Å². The maximum Gasteiger partial charge on any atom is 0.338 e. The van der Waals surface area contributed by atoms with Crippen LogP contribution in [-0.2, 0) is 14.3 Å². The van der Waals surface area contributed by atoms with E-state index < -0.39 is 17.8 Å². The molecular formula is C19H16ClFN4O3S. The van der Waals surface area contributed by atoms with Gasteiger partial charge in [0.1, 0.15) is 11.9 Å². The van der Waals surface area contributed by atoms with Crippen LogP contribution in [0.2, 0.25) is 5.02 Å². The number of rotatable bonds is 4. The van der Waals surface area contributed by atoms with Crippen LogP contribution < -0.4 is 10.6 Å². The molecule has 0 bridgehead atoms. The Morgan fingerprint density at radius 2 is 2.24 bits per heavy atom. The van der Waals surface area contributed by atoms with Gasteiger partial charge in [-0.05, 0) is 6.07 Å². The molecule has 1 aromatic heterocycles. The quantitative estimate of drug-likeness (QED) is 0.721. The first-order valence-corrected chi connectivity index (χ1v) is 10.0. The van der Waals surface area contributed by atoms with E-state index >= 15 is 0 Å². The Labute approximate surface area is 174 Å². The minimum atomic E-state index is -0.906. The van der Waals surface area contributed by atoms with Crippen LogP contribution in [0.1, 0.15) is 23.0 Å². The maximum absolute atomic E-state index is 14.2. The summed E-state index contributed by atoms with van der Waals surface area (Å²) in [5.74, 6) is -1.23. The van der Waals surface area contributed by atoms with Crippen molar-refractivity contribution in [3.63, 3.8) is 0 Å². The Balaban J connectivity index is 1.91. The number of esters is 1. The molecule has 3 heterocycles. The van der Waals surface area contributed by atoms with Crippen molar-refractivity contribution < 1.29 is 18.7 Å². The van der Waals surface area contributed by atoms with Crippen molar-refractivity contribution in [3.8, 4) is 0 Å². The van der Waals surface area contributed by atoms with Gasteiger partial charge in [-0.15, -0.1) is 11.3 Å². The molecule has 1 fully saturated rings. The van der Waals surface area contributed by atoms with Gasteiger partial charge in [-0.2, -0.15) is 0 Å². The zero-order valence-corrected chi connectivity index (χ0v) is 16.8. The van der Waals surface area contributed by atoms with Gasteiger partial charge in [0.15, 0.2) is 10.8 Å². The molecule has 2 aliphatic heterocycles. The average molecular weight is 435 g/mol. The fraction of sp³-hybridized carbons (Fsp3) is 0.263. The SMILES string of the molecule is COC(=O)C1=C(C2CNC(=O)C2)NC(c2nccs2)=NC1c1cccc(F)c1Cl. The number of halogens is 2. The zero-order chi connectivity index (χ0) is 20.5. The van der Waals surface area contributed by atoms with Crippen LogP contribution in [0.25, 0.3) is 0 Å². The molecule has 150 valence electrons. The van der Waals surface area contributed by atoms with E-state index in [-0.39, 0.29) is 28.8 Å². The van der Waals surface area contributed by atoms with E-state index in [1.807, 2.05) is 0 Å². The number of methoxy groups -OCH3 is 1. The van der Waals surface area contributed by atoms with Crippen molar-refractivity contribution in [2.45, 2.75) is 12.5 Å². The summed E-state index contributed by atoms with van der Waals surface area (Å²) in [6.45, 7) is 0.358. The first-order valence-electron chi connectivity index (χ1n) is 8.77. The van der Waals surface area contributed by atoms with E-state index in [0.717, 1.165) is 0 Å². The lowest BCUT2D eigenvalue weighted by atomic mass is 9.90. The summed E-state index contributed by atoms with van der Waals surface area (Å²) in [5.41, 5.74) is 1.03. The molecule has 10 heteroatoms. The second kappa shape index (κ2) is 7.92. The topological polar surface area (TPSA) is 92.7 Å². The molecule has 0 radical (unpaired) electrons. The number of thiazole rings is 1. The Morgan fingerprint density at radius 1 is 1.41 bits per heavy atom. The molecule has 7 nitrogen and oxygen atoms in total. The van der Waals surface area contributed by atoms with E-state index in [9.17, 15) is 14.0 Å². The summed E-state index contributed by atoms with van der Waals surface area (Å²) in [7, 11) is 1.26. The van der Waals surface area contributed by atoms with Crippen LogP contribution in [0.4, 0.5) is 4.39 Å². The highest BCUT2D eigenvalue weighted by molar-refractivity contribution is 7.11. The van der Waals surface area contributed by atoms with Crippen molar-refractivity contribution in [1.82, 2.24) is 15.6 Å². The van der Waals surface area contributed by atoms with Crippen molar-refractivity contribution in [3.05, 3.63) is 62.5 Å². The number of amides is 1. The van der Waals surface area contributed by atoms with Gasteiger partial charge in [-0.25, -0.2) is 14.2 Å². The first-order chi connectivity index (χ1) is 14.0. The van der Waals surface area contributed by atoms with E-state index in [2.05, 4.69) is 20.6 Å². The van der Waals surface area contributed by atoms with E-state index in [0.29, 0.717) is 28.6 Å². The molecule has 1 saturated heterocycles. The number of nitrogens with zero attached hydrogens (tertiary/aromatic N) is 2. The largest absolute Gasteiger partial charge is 0.466 e. The number of benzene rings is 1. The fourth-order valence-electron chi connectivity index (χ4n) is 3.44. The van der Waals surface area contributed by atoms with Crippen LogP contribution in [0.3, 0.4) is 0 Å². The van der Waals surface area contributed by atoms with Crippen LogP contribution in [-0.4, -0.2) is 36.4 Å². The third-order valence-electron chi connectivity index (χ3n) is 4.78. The molecule has 1 aromatic carbocycles. The van der Waals surface area contributed by atoms with E-state index in [1.54, 1.807) is 17.6 Å². The molecule has 29 heavy (non-hydrogen) atoms. The number of carbonyl (C=O) groups is 2. The summed E-state index contributed by atoms with van der Waals surface area (Å²) in [6, 6.07) is 3.45. The Hall–Kier alpha value is -2.78. The highest BCUT2D eigenvalue weighted by Crippen LogP contribution is 2.39. The summed E-state index contributed by atoms with van der Waals surface area (Å²) in [4.78, 5) is 33.5. The third kappa shape index (κ3) is 3.63. The van der Waals surface area contributed by atoms with Crippen molar-refractivity contribution in [2.75, 3.05) is 13.7 Å². The Bertz CT molecular complexity index is 1040. The second-order valence-electron chi connectivity index (χ2n) is 6.51. The summed E-state index contributed by atoms with van der Waals surface area (Å²) < 4.78 is 19.2. The van der Waals surface area contributed by atoms with Crippen LogP contribution in [0, 0.1) is 11.7 Å². The molecule has 4 rings (SSSR count). The lowest BCUT2D eigenvalue weighted by molar-refractivity contribution is -0.136. The first kappa shape index (κ1) is 19.5. The molecule has 2 unspecified atom stereocenters. The number of aliphatic imine (C=N–C) groups is 1. The number of nitrogens with one attached hydrogen (secondary N) is 2. The van der Waals surface area contributed by atoms with Crippen LogP contribution in [0.15, 0.2) is 46.0 Å². The predicted molar refractivity (Wildman–Crippen MR) is 106 cm³/mol. The number of ether oxygens (including phenoxy) is 1. The van der Waals surface area contributed by atoms with Crippen LogP contribution >= 0.6 is 22.9 Å². The zero-order valence-electron chi connectivity index (χ0n) is 15.2. The standard InChI is InChI=1S/C19H16ClFN4O3S/c1-28-19(27)13-15(9-7-12(26)23-8-9)24-17(18-22-5-6-29-18)25-16(13)10-3-2-4-11(21)14(10)20/h2-6,9,16H,7-8H2,1H3,(H,23,26)(H,24,25). The van der Waals surface area contributed by atoms with Gasteiger partial charge >= 0.3 is 5.97 Å². The van der Waals surface area contributed by atoms with Gasteiger partial charge in [0, 0.05) is 41.7 Å². The summed E-state index contributed by atoms with van der Waals surface area (Å²) in [5, 5.41) is 8.20. The molecule has 0 saturated carbocycles. The number of hydrogen-bond donors (Lipinski definition) is 2. The number of hydrogen-bond acceptors (Lipinski definition) is 7. The van der Waals surface area contributed by atoms with Gasteiger partial charge in [-0.3, -0.25) is 9.79 Å².